The Morgan fingerprint density at radius 2 is 1.59 bits per heavy atom. The number of aromatic nitrogens is 1. The number of nitrogens with zero attached hydrogens (tertiary/aromatic N) is 1. The van der Waals surface area contributed by atoms with Crippen LogP contribution in [-0.4, -0.2) is 17.4 Å². The van der Waals surface area contributed by atoms with Gasteiger partial charge < -0.3 is 5.32 Å². The SMILES string of the molecule is O=C(NCCc1cccc2cccnc12)[C@H](Sc1ccccc1)c1ccccc1. The molecule has 1 heterocycles. The van der Waals surface area contributed by atoms with Crippen LogP contribution in [0.1, 0.15) is 16.4 Å². The summed E-state index contributed by atoms with van der Waals surface area (Å²) in [7, 11) is 0. The molecule has 0 saturated heterocycles. The lowest BCUT2D eigenvalue weighted by Crippen LogP contribution is -2.29. The van der Waals surface area contributed by atoms with Crippen LogP contribution in [0.4, 0.5) is 0 Å². The van der Waals surface area contributed by atoms with Crippen LogP contribution in [0.3, 0.4) is 0 Å². The van der Waals surface area contributed by atoms with Gasteiger partial charge in [0.25, 0.3) is 0 Å². The predicted octanol–water partition coefficient (Wildman–Crippen LogP) is 5.43. The second-order valence-electron chi connectivity index (χ2n) is 6.75. The first-order valence-electron chi connectivity index (χ1n) is 9.68. The number of benzene rings is 3. The highest BCUT2D eigenvalue weighted by molar-refractivity contribution is 8.00. The summed E-state index contributed by atoms with van der Waals surface area (Å²) < 4.78 is 0. The minimum atomic E-state index is -0.288. The van der Waals surface area contributed by atoms with Crippen LogP contribution in [0.15, 0.2) is 102 Å². The summed E-state index contributed by atoms with van der Waals surface area (Å²) >= 11 is 1.57. The van der Waals surface area contributed by atoms with Crippen LogP contribution in [0.25, 0.3) is 10.9 Å². The molecule has 0 saturated carbocycles. The van der Waals surface area contributed by atoms with Gasteiger partial charge in [0, 0.05) is 23.0 Å². The monoisotopic (exact) mass is 398 g/mol. The topological polar surface area (TPSA) is 42.0 Å². The molecule has 4 heteroatoms. The van der Waals surface area contributed by atoms with Gasteiger partial charge >= 0.3 is 0 Å². The summed E-state index contributed by atoms with van der Waals surface area (Å²) in [5, 5.41) is 3.96. The standard InChI is InChI=1S/C25H22N2OS/c28-25(27-18-16-20-12-7-11-19-13-8-17-26-23(19)20)24(21-9-3-1-4-10-21)29-22-14-5-2-6-15-22/h1-15,17,24H,16,18H2,(H,27,28)/t24-/m1/s1. The molecule has 1 aromatic heterocycles. The molecule has 0 aliphatic rings. The van der Waals surface area contributed by atoms with E-state index in [2.05, 4.69) is 28.5 Å². The zero-order chi connectivity index (χ0) is 19.9. The molecule has 1 amide bonds. The second kappa shape index (κ2) is 9.39. The molecule has 4 rings (SSSR count). The van der Waals surface area contributed by atoms with Crippen LogP contribution in [0.5, 0.6) is 0 Å². The van der Waals surface area contributed by atoms with E-state index in [1.807, 2.05) is 79.0 Å². The molecule has 144 valence electrons. The van der Waals surface area contributed by atoms with Crippen molar-refractivity contribution in [1.29, 1.82) is 0 Å². The van der Waals surface area contributed by atoms with Crippen LogP contribution in [0.2, 0.25) is 0 Å². The van der Waals surface area contributed by atoms with Gasteiger partial charge in [-0.3, -0.25) is 9.78 Å². The van der Waals surface area contributed by atoms with E-state index < -0.39 is 0 Å². The molecule has 1 atom stereocenters. The third kappa shape index (κ3) is 4.84. The molecule has 0 spiro atoms. The van der Waals surface area contributed by atoms with E-state index in [0.717, 1.165) is 33.3 Å². The Kier molecular flexibility index (Phi) is 6.22. The Hall–Kier alpha value is -3.11. The number of para-hydroxylation sites is 1. The lowest BCUT2D eigenvalue weighted by atomic mass is 10.1. The fraction of sp³-hybridized carbons (Fsp3) is 0.120. The number of carbonyl (C=O) groups is 1. The maximum absolute atomic E-state index is 13.1. The molecular weight excluding hydrogens is 376 g/mol. The van der Waals surface area contributed by atoms with Gasteiger partial charge in [-0.2, -0.15) is 0 Å². The van der Waals surface area contributed by atoms with E-state index in [4.69, 9.17) is 0 Å². The average molecular weight is 399 g/mol. The number of thioether (sulfide) groups is 1. The van der Waals surface area contributed by atoms with Crippen molar-refractivity contribution in [2.75, 3.05) is 6.54 Å². The molecule has 29 heavy (non-hydrogen) atoms. The van der Waals surface area contributed by atoms with E-state index in [-0.39, 0.29) is 11.2 Å². The van der Waals surface area contributed by atoms with Gasteiger partial charge in [-0.1, -0.05) is 72.8 Å². The molecule has 3 nitrogen and oxygen atoms in total. The van der Waals surface area contributed by atoms with Crippen molar-refractivity contribution in [3.05, 3.63) is 108 Å². The van der Waals surface area contributed by atoms with Crippen molar-refractivity contribution in [2.24, 2.45) is 0 Å². The van der Waals surface area contributed by atoms with Gasteiger partial charge in [-0.05, 0) is 35.7 Å². The third-order valence-electron chi connectivity index (χ3n) is 4.75. The van der Waals surface area contributed by atoms with Crippen molar-refractivity contribution in [3.8, 4) is 0 Å². The van der Waals surface area contributed by atoms with E-state index in [9.17, 15) is 4.79 Å². The van der Waals surface area contributed by atoms with Crippen molar-refractivity contribution >= 4 is 28.6 Å². The molecule has 0 radical (unpaired) electrons. The van der Waals surface area contributed by atoms with E-state index >= 15 is 0 Å². The van der Waals surface area contributed by atoms with Crippen molar-refractivity contribution in [1.82, 2.24) is 10.3 Å². The lowest BCUT2D eigenvalue weighted by molar-refractivity contribution is -0.120. The first kappa shape index (κ1) is 19.2. The Labute approximate surface area is 175 Å². The van der Waals surface area contributed by atoms with Gasteiger partial charge in [0.15, 0.2) is 0 Å². The summed E-state index contributed by atoms with van der Waals surface area (Å²) in [5.41, 5.74) is 3.16. The maximum Gasteiger partial charge on any atom is 0.238 e. The Balaban J connectivity index is 1.46. The van der Waals surface area contributed by atoms with Crippen molar-refractivity contribution in [2.45, 2.75) is 16.6 Å². The Morgan fingerprint density at radius 1 is 0.862 bits per heavy atom. The second-order valence-corrected chi connectivity index (χ2v) is 7.93. The van der Waals surface area contributed by atoms with E-state index in [1.54, 1.807) is 11.8 Å². The molecule has 0 bridgehead atoms. The van der Waals surface area contributed by atoms with Crippen molar-refractivity contribution < 1.29 is 4.79 Å². The van der Waals surface area contributed by atoms with Gasteiger partial charge in [0.05, 0.1) is 5.52 Å². The number of amides is 1. The van der Waals surface area contributed by atoms with E-state index in [0.29, 0.717) is 6.54 Å². The highest BCUT2D eigenvalue weighted by Gasteiger charge is 2.21. The van der Waals surface area contributed by atoms with Gasteiger partial charge in [0.2, 0.25) is 5.91 Å². The summed E-state index contributed by atoms with van der Waals surface area (Å²) in [6.07, 6.45) is 2.56. The van der Waals surface area contributed by atoms with Crippen molar-refractivity contribution in [3.63, 3.8) is 0 Å². The fourth-order valence-electron chi connectivity index (χ4n) is 3.32. The van der Waals surface area contributed by atoms with Crippen LogP contribution >= 0.6 is 11.8 Å². The highest BCUT2D eigenvalue weighted by Crippen LogP contribution is 2.35. The average Bonchev–Trinajstić information content (AvgIpc) is 2.79. The lowest BCUT2D eigenvalue weighted by Gasteiger charge is -2.17. The van der Waals surface area contributed by atoms with Gasteiger partial charge in [-0.15, -0.1) is 11.8 Å². The summed E-state index contributed by atoms with van der Waals surface area (Å²) in [5.74, 6) is 0.0262. The molecule has 1 N–H and O–H groups in total. The number of carbonyl (C=O) groups excluding carboxylic acids is 1. The number of pyridine rings is 1. The smallest absolute Gasteiger partial charge is 0.238 e. The third-order valence-corrected chi connectivity index (χ3v) is 6.01. The largest absolute Gasteiger partial charge is 0.354 e. The molecule has 0 aliphatic carbocycles. The van der Waals surface area contributed by atoms with Crippen LogP contribution < -0.4 is 5.32 Å². The summed E-state index contributed by atoms with van der Waals surface area (Å²) in [6, 6.07) is 30.2. The number of nitrogens with one attached hydrogen (secondary N) is 1. The highest BCUT2D eigenvalue weighted by atomic mass is 32.2. The first-order valence-corrected chi connectivity index (χ1v) is 10.6. The van der Waals surface area contributed by atoms with Gasteiger partial charge in [0.1, 0.15) is 5.25 Å². The number of hydrogen-bond acceptors (Lipinski definition) is 3. The fourth-order valence-corrected chi connectivity index (χ4v) is 4.39. The molecule has 0 fully saturated rings. The van der Waals surface area contributed by atoms with E-state index in [1.165, 1.54) is 0 Å². The summed E-state index contributed by atoms with van der Waals surface area (Å²) in [6.45, 7) is 0.577. The van der Waals surface area contributed by atoms with Crippen LogP contribution in [0, 0.1) is 0 Å². The summed E-state index contributed by atoms with van der Waals surface area (Å²) in [4.78, 5) is 18.6. The predicted molar refractivity (Wildman–Crippen MR) is 120 cm³/mol. The molecule has 3 aromatic carbocycles. The molecule has 4 aromatic rings. The van der Waals surface area contributed by atoms with Crippen LogP contribution in [-0.2, 0) is 11.2 Å². The zero-order valence-electron chi connectivity index (χ0n) is 16.0. The zero-order valence-corrected chi connectivity index (χ0v) is 16.8. The number of hydrogen-bond donors (Lipinski definition) is 1. The van der Waals surface area contributed by atoms with Gasteiger partial charge in [-0.25, -0.2) is 0 Å². The minimum absolute atomic E-state index is 0.0262. The Bertz CT molecular complexity index is 1080. The Morgan fingerprint density at radius 3 is 2.38 bits per heavy atom. The number of rotatable bonds is 7. The molecule has 0 aliphatic heterocycles. The minimum Gasteiger partial charge on any atom is -0.354 e. The molecular formula is C25H22N2OS. The maximum atomic E-state index is 13.1. The number of fused-ring (bicyclic) bond motifs is 1. The quantitative estimate of drug-likeness (QED) is 0.422. The normalized spacial score (nSPS) is 11.9. The molecule has 0 unspecified atom stereocenters. The first-order chi connectivity index (χ1) is 14.3.